The summed E-state index contributed by atoms with van der Waals surface area (Å²) in [6.07, 6.45) is 0. The van der Waals surface area contributed by atoms with Crippen LogP contribution in [0.4, 0.5) is 17.1 Å². The molecule has 14 aromatic rings. The van der Waals surface area contributed by atoms with E-state index in [1.165, 1.54) is 0 Å². The molecule has 5 heterocycles. The van der Waals surface area contributed by atoms with Crippen molar-refractivity contribution >= 4 is 104 Å². The van der Waals surface area contributed by atoms with Crippen LogP contribution in [0, 0.1) is 13.1 Å². The van der Waals surface area contributed by atoms with Crippen LogP contribution in [0.15, 0.2) is 212 Å². The van der Waals surface area contributed by atoms with E-state index in [2.05, 4.69) is 273 Å². The lowest BCUT2D eigenvalue weighted by Crippen LogP contribution is -2.45. The van der Waals surface area contributed by atoms with Crippen LogP contribution in [0.1, 0.15) is 38.8 Å². The SMILES string of the molecule is [C-]#[N+]c1c([N+]#[C-])c2c(c(-n3c4ccccc4c4cc5c(cc43)c3ccccc3n5-c3ccccc3)c1-n1c3ccccc3c3cc4c(cc31)c1ccccc1n4-c1ccccc1)C(C)(C)N(c1ccccc1)C2(C)C. The van der Waals surface area contributed by atoms with Crippen molar-refractivity contribution in [2.75, 3.05) is 4.90 Å². The minimum atomic E-state index is -0.728. The number of hydrogen-bond acceptors (Lipinski definition) is 1. The highest BCUT2D eigenvalue weighted by Crippen LogP contribution is 2.62. The molecule has 0 spiro atoms. The van der Waals surface area contributed by atoms with Gasteiger partial charge in [-0.05, 0) is 124 Å². The standard InChI is InChI=1S/C68H47N7/c1-67(2)61-62(68(3,4)75(67)44-28-14-9-15-29-44)65(73-55-36-22-18-32-47(55)51-38-57-49(40-59(51)73)45-30-16-20-34-53(45)71(57)42-24-10-7-11-25-42)66(64(70-6)63(61)69-5)74-56-37-23-19-33-48(56)52-39-58-50(41-60(52)74)46-31-17-21-35-54(46)72(58)43-26-12-8-13-27-43/h7-41H,1-4H3. The van der Waals surface area contributed by atoms with Gasteiger partial charge in [0.05, 0.1) is 79.7 Å². The number of para-hydroxylation sites is 7. The van der Waals surface area contributed by atoms with Crippen molar-refractivity contribution in [2.45, 2.75) is 38.8 Å². The molecule has 0 N–H and O–H groups in total. The fourth-order valence-corrected chi connectivity index (χ4v) is 13.7. The molecule has 0 saturated heterocycles. The Kier molecular flexibility index (Phi) is 8.77. The van der Waals surface area contributed by atoms with E-state index in [0.717, 1.165) is 121 Å². The molecule has 0 atom stereocenters. The van der Waals surface area contributed by atoms with Crippen molar-refractivity contribution in [2.24, 2.45) is 0 Å². The zero-order valence-corrected chi connectivity index (χ0v) is 41.8. The first-order chi connectivity index (χ1) is 36.7. The Hall–Kier alpha value is -9.82. The topological polar surface area (TPSA) is 31.7 Å². The molecule has 10 aromatic carbocycles. The molecule has 0 unspecified atom stereocenters. The summed E-state index contributed by atoms with van der Waals surface area (Å²) in [5.74, 6) is 0. The second-order valence-corrected chi connectivity index (χ2v) is 21.0. The maximum atomic E-state index is 9.46. The van der Waals surface area contributed by atoms with Crippen molar-refractivity contribution in [1.29, 1.82) is 0 Å². The second kappa shape index (κ2) is 15.4. The first kappa shape index (κ1) is 42.8. The first-order valence-electron chi connectivity index (χ1n) is 25.6. The third-order valence-electron chi connectivity index (χ3n) is 16.4. The summed E-state index contributed by atoms with van der Waals surface area (Å²) in [5.41, 5.74) is 14.4. The Morgan fingerprint density at radius 1 is 0.293 bits per heavy atom. The predicted octanol–water partition coefficient (Wildman–Crippen LogP) is 18.2. The van der Waals surface area contributed by atoms with Gasteiger partial charge in [-0.15, -0.1) is 0 Å². The minimum Gasteiger partial charge on any atom is -0.354 e. The van der Waals surface area contributed by atoms with Gasteiger partial charge in [-0.2, -0.15) is 0 Å². The van der Waals surface area contributed by atoms with E-state index in [1.54, 1.807) is 0 Å². The van der Waals surface area contributed by atoms with Crippen LogP contribution in [0.3, 0.4) is 0 Å². The molecule has 1 aliphatic rings. The van der Waals surface area contributed by atoms with E-state index in [9.17, 15) is 13.1 Å². The summed E-state index contributed by atoms with van der Waals surface area (Å²) in [6, 6.07) is 76.0. The molecule has 354 valence electrons. The fourth-order valence-electron chi connectivity index (χ4n) is 13.7. The molecule has 7 heteroatoms. The molecule has 0 aliphatic carbocycles. The molecule has 0 amide bonds. The van der Waals surface area contributed by atoms with Gasteiger partial charge in [0.2, 0.25) is 11.4 Å². The van der Waals surface area contributed by atoms with E-state index >= 15 is 0 Å². The summed E-state index contributed by atoms with van der Waals surface area (Å²) in [7, 11) is 0. The molecular formula is C68H47N7. The van der Waals surface area contributed by atoms with Crippen LogP contribution in [0.5, 0.6) is 0 Å². The third kappa shape index (κ3) is 5.62. The number of benzene rings is 10. The fraction of sp³-hybridized carbons (Fsp3) is 0.0882. The zero-order valence-electron chi connectivity index (χ0n) is 41.8. The number of nitrogens with zero attached hydrogens (tertiary/aromatic N) is 7. The Morgan fingerprint density at radius 3 is 0.987 bits per heavy atom. The van der Waals surface area contributed by atoms with Gasteiger partial charge in [0.1, 0.15) is 0 Å². The minimum absolute atomic E-state index is 0.333. The number of anilines is 1. The Balaban J connectivity index is 1.17. The van der Waals surface area contributed by atoms with Gasteiger partial charge in [0, 0.05) is 60.2 Å². The maximum absolute atomic E-state index is 9.46. The number of fused-ring (bicyclic) bond motifs is 13. The quantitative estimate of drug-likeness (QED) is 0.158. The lowest BCUT2D eigenvalue weighted by Gasteiger charge is -2.43. The molecule has 0 saturated carbocycles. The molecule has 7 nitrogen and oxygen atoms in total. The predicted molar refractivity (Wildman–Crippen MR) is 311 cm³/mol. The summed E-state index contributed by atoms with van der Waals surface area (Å²) in [4.78, 5) is 11.6. The summed E-state index contributed by atoms with van der Waals surface area (Å²) in [6.45, 7) is 27.8. The average molecular weight is 962 g/mol. The molecule has 0 fully saturated rings. The lowest BCUT2D eigenvalue weighted by molar-refractivity contribution is 0.403. The van der Waals surface area contributed by atoms with Gasteiger partial charge in [0.25, 0.3) is 0 Å². The summed E-state index contributed by atoms with van der Waals surface area (Å²) >= 11 is 0. The smallest absolute Gasteiger partial charge is 0.220 e. The van der Waals surface area contributed by atoms with Gasteiger partial charge in [-0.1, -0.05) is 127 Å². The molecule has 15 rings (SSSR count). The van der Waals surface area contributed by atoms with Crippen LogP contribution in [-0.2, 0) is 11.1 Å². The molecular weight excluding hydrogens is 915 g/mol. The van der Waals surface area contributed by atoms with Crippen LogP contribution < -0.4 is 4.90 Å². The van der Waals surface area contributed by atoms with E-state index in [4.69, 9.17) is 0 Å². The molecule has 4 aromatic heterocycles. The third-order valence-corrected chi connectivity index (χ3v) is 16.4. The van der Waals surface area contributed by atoms with Gasteiger partial charge >= 0.3 is 0 Å². The number of hydrogen-bond donors (Lipinski definition) is 0. The highest BCUT2D eigenvalue weighted by atomic mass is 15.3. The van der Waals surface area contributed by atoms with E-state index < -0.39 is 11.1 Å². The van der Waals surface area contributed by atoms with E-state index in [1.807, 2.05) is 0 Å². The van der Waals surface area contributed by atoms with E-state index in [0.29, 0.717) is 17.1 Å². The Labute approximate surface area is 433 Å². The van der Waals surface area contributed by atoms with Gasteiger partial charge in [0.15, 0.2) is 0 Å². The van der Waals surface area contributed by atoms with Gasteiger partial charge in [-0.25, -0.2) is 9.69 Å². The number of aromatic nitrogens is 4. The van der Waals surface area contributed by atoms with Gasteiger partial charge < -0.3 is 23.2 Å². The van der Waals surface area contributed by atoms with Crippen molar-refractivity contribution in [3.05, 3.63) is 246 Å². The summed E-state index contributed by atoms with van der Waals surface area (Å²) in [5, 5.41) is 8.86. The Morgan fingerprint density at radius 2 is 0.600 bits per heavy atom. The molecule has 1 aliphatic heterocycles. The highest BCUT2D eigenvalue weighted by Gasteiger charge is 2.53. The highest BCUT2D eigenvalue weighted by molar-refractivity contribution is 6.22. The lowest BCUT2D eigenvalue weighted by atomic mass is 9.85. The van der Waals surface area contributed by atoms with Crippen LogP contribution in [0.25, 0.3) is 120 Å². The largest absolute Gasteiger partial charge is 0.354 e. The average Bonchev–Trinajstić information content (AvgIpc) is 4.38. The molecule has 75 heavy (non-hydrogen) atoms. The van der Waals surface area contributed by atoms with Crippen LogP contribution in [-0.4, -0.2) is 18.3 Å². The monoisotopic (exact) mass is 961 g/mol. The Bertz CT molecular complexity index is 4840. The van der Waals surface area contributed by atoms with Crippen molar-refractivity contribution in [3.63, 3.8) is 0 Å². The van der Waals surface area contributed by atoms with Crippen molar-refractivity contribution in [1.82, 2.24) is 18.3 Å². The normalized spacial score (nSPS) is 14.0. The maximum Gasteiger partial charge on any atom is 0.220 e. The number of rotatable bonds is 5. The first-order valence-corrected chi connectivity index (χ1v) is 25.6. The molecule has 0 bridgehead atoms. The van der Waals surface area contributed by atoms with Crippen LogP contribution in [0.2, 0.25) is 0 Å². The van der Waals surface area contributed by atoms with Gasteiger partial charge in [-0.3, -0.25) is 0 Å². The summed E-state index contributed by atoms with van der Waals surface area (Å²) < 4.78 is 9.56. The molecule has 0 radical (unpaired) electrons. The van der Waals surface area contributed by atoms with Crippen LogP contribution >= 0.6 is 0 Å². The zero-order chi connectivity index (χ0) is 50.5. The van der Waals surface area contributed by atoms with Crippen molar-refractivity contribution in [3.8, 4) is 22.7 Å². The second-order valence-electron chi connectivity index (χ2n) is 21.0. The van der Waals surface area contributed by atoms with Crippen molar-refractivity contribution < 1.29 is 0 Å². The van der Waals surface area contributed by atoms with E-state index in [-0.39, 0.29) is 0 Å².